The van der Waals surface area contributed by atoms with Gasteiger partial charge in [-0.25, -0.2) is 4.79 Å². The summed E-state index contributed by atoms with van der Waals surface area (Å²) in [6, 6.07) is 23.7. The molecule has 0 radical (unpaired) electrons. The third kappa shape index (κ3) is 3.69. The molecule has 0 aliphatic heterocycles. The molecular formula is C24H20N2O3S. The zero-order chi connectivity index (χ0) is 21.1. The Bertz CT molecular complexity index is 1290. The highest BCUT2D eigenvalue weighted by molar-refractivity contribution is 7.16. The number of nitrogens with zero attached hydrogens (tertiary/aromatic N) is 2. The molecule has 5 nitrogen and oxygen atoms in total. The van der Waals surface area contributed by atoms with E-state index in [2.05, 4.69) is 4.99 Å². The number of carbonyl (C=O) groups excluding carboxylic acids is 1. The van der Waals surface area contributed by atoms with Gasteiger partial charge < -0.3 is 9.67 Å². The molecule has 3 aromatic carbocycles. The summed E-state index contributed by atoms with van der Waals surface area (Å²) in [4.78, 5) is 29.8. The Labute approximate surface area is 177 Å². The molecule has 0 aliphatic carbocycles. The van der Waals surface area contributed by atoms with Crippen LogP contribution in [0.15, 0.2) is 83.9 Å². The molecule has 1 unspecified atom stereocenters. The largest absolute Gasteiger partial charge is 0.480 e. The molecule has 150 valence electrons. The monoisotopic (exact) mass is 416 g/mol. The van der Waals surface area contributed by atoms with E-state index < -0.39 is 17.9 Å². The van der Waals surface area contributed by atoms with Crippen LogP contribution in [0.4, 0.5) is 0 Å². The Morgan fingerprint density at radius 3 is 2.37 bits per heavy atom. The summed E-state index contributed by atoms with van der Waals surface area (Å²) in [6.45, 7) is 1.81. The SMILES string of the molecule is CCC(C(=O)O)n1c(=NC(=O)c2ccccc2-c2ccccc2)sc2ccccc21. The van der Waals surface area contributed by atoms with E-state index in [1.165, 1.54) is 11.3 Å². The minimum atomic E-state index is -0.945. The second kappa shape index (κ2) is 8.47. The van der Waals surface area contributed by atoms with Crippen LogP contribution < -0.4 is 4.80 Å². The van der Waals surface area contributed by atoms with Crippen molar-refractivity contribution in [1.82, 2.24) is 4.57 Å². The normalized spacial score (nSPS) is 12.8. The number of hydrogen-bond acceptors (Lipinski definition) is 3. The second-order valence-corrected chi connectivity index (χ2v) is 7.82. The molecular weight excluding hydrogens is 396 g/mol. The first-order valence-electron chi connectivity index (χ1n) is 9.66. The Hall–Kier alpha value is -3.51. The molecule has 0 aliphatic rings. The van der Waals surface area contributed by atoms with Crippen LogP contribution in [0.1, 0.15) is 29.7 Å². The Morgan fingerprint density at radius 2 is 1.63 bits per heavy atom. The van der Waals surface area contributed by atoms with E-state index in [4.69, 9.17) is 0 Å². The standard InChI is InChI=1S/C24H20N2O3S/c1-2-19(23(28)29)26-20-14-8-9-15-21(20)30-24(26)25-22(27)18-13-7-6-12-17(18)16-10-4-3-5-11-16/h3-15,19H,2H2,1H3,(H,28,29). The molecule has 1 N–H and O–H groups in total. The van der Waals surface area contributed by atoms with E-state index in [-0.39, 0.29) is 0 Å². The Balaban J connectivity index is 1.90. The summed E-state index contributed by atoms with van der Waals surface area (Å²) in [5.74, 6) is -1.34. The lowest BCUT2D eigenvalue weighted by Gasteiger charge is -2.13. The van der Waals surface area contributed by atoms with Crippen molar-refractivity contribution in [2.45, 2.75) is 19.4 Å². The second-order valence-electron chi connectivity index (χ2n) is 6.81. The van der Waals surface area contributed by atoms with Gasteiger partial charge in [0.05, 0.1) is 10.2 Å². The lowest BCUT2D eigenvalue weighted by Crippen LogP contribution is -2.27. The van der Waals surface area contributed by atoms with E-state index in [1.807, 2.05) is 73.7 Å². The fraction of sp³-hybridized carbons (Fsp3) is 0.125. The lowest BCUT2D eigenvalue weighted by molar-refractivity contribution is -0.140. The van der Waals surface area contributed by atoms with Gasteiger partial charge in [0, 0.05) is 5.56 Å². The first kappa shape index (κ1) is 19.8. The van der Waals surface area contributed by atoms with Crippen LogP contribution in [0.3, 0.4) is 0 Å². The van der Waals surface area contributed by atoms with Crippen LogP contribution in [0.25, 0.3) is 21.3 Å². The fourth-order valence-corrected chi connectivity index (χ4v) is 4.59. The molecule has 30 heavy (non-hydrogen) atoms. The molecule has 0 spiro atoms. The van der Waals surface area contributed by atoms with Gasteiger partial charge in [-0.15, -0.1) is 0 Å². The van der Waals surface area contributed by atoms with E-state index in [1.54, 1.807) is 16.7 Å². The zero-order valence-corrected chi connectivity index (χ0v) is 17.2. The van der Waals surface area contributed by atoms with Crippen LogP contribution >= 0.6 is 11.3 Å². The number of carboxylic acids is 1. The number of aromatic nitrogens is 1. The summed E-state index contributed by atoms with van der Waals surface area (Å²) < 4.78 is 2.55. The average Bonchev–Trinajstić information content (AvgIpc) is 3.12. The molecule has 4 aromatic rings. The van der Waals surface area contributed by atoms with Gasteiger partial charge in [-0.05, 0) is 35.7 Å². The number of thiazole rings is 1. The molecule has 1 atom stereocenters. The molecule has 4 rings (SSSR count). The van der Waals surface area contributed by atoms with Crippen LogP contribution in [0.2, 0.25) is 0 Å². The van der Waals surface area contributed by atoms with Crippen LogP contribution in [-0.4, -0.2) is 21.6 Å². The maximum absolute atomic E-state index is 13.2. The number of carbonyl (C=O) groups is 2. The third-order valence-corrected chi connectivity index (χ3v) is 5.99. The van der Waals surface area contributed by atoms with Gasteiger partial charge >= 0.3 is 5.97 Å². The van der Waals surface area contributed by atoms with Gasteiger partial charge in [0.1, 0.15) is 6.04 Å². The molecule has 1 aromatic heterocycles. The Morgan fingerprint density at radius 1 is 0.967 bits per heavy atom. The highest BCUT2D eigenvalue weighted by Crippen LogP contribution is 2.25. The van der Waals surface area contributed by atoms with E-state index in [9.17, 15) is 14.7 Å². The van der Waals surface area contributed by atoms with Crippen molar-refractivity contribution >= 4 is 33.4 Å². The molecule has 0 saturated carbocycles. The number of fused-ring (bicyclic) bond motifs is 1. The van der Waals surface area contributed by atoms with Gasteiger partial charge in [-0.1, -0.05) is 78.9 Å². The number of aliphatic carboxylic acids is 1. The van der Waals surface area contributed by atoms with Crippen LogP contribution in [0.5, 0.6) is 0 Å². The average molecular weight is 417 g/mol. The summed E-state index contributed by atoms with van der Waals surface area (Å²) in [5, 5.41) is 9.73. The number of benzene rings is 3. The number of amides is 1. The first-order chi connectivity index (χ1) is 14.6. The molecule has 1 heterocycles. The summed E-state index contributed by atoms with van der Waals surface area (Å²) in [7, 11) is 0. The predicted molar refractivity (Wildman–Crippen MR) is 119 cm³/mol. The Kier molecular flexibility index (Phi) is 5.59. The van der Waals surface area contributed by atoms with Gasteiger partial charge in [-0.2, -0.15) is 4.99 Å². The van der Waals surface area contributed by atoms with Crippen LogP contribution in [-0.2, 0) is 4.79 Å². The van der Waals surface area contributed by atoms with Crippen molar-refractivity contribution in [3.05, 3.63) is 89.2 Å². The molecule has 0 saturated heterocycles. The maximum atomic E-state index is 13.2. The highest BCUT2D eigenvalue weighted by Gasteiger charge is 2.22. The van der Waals surface area contributed by atoms with Gasteiger partial charge in [-0.3, -0.25) is 4.79 Å². The maximum Gasteiger partial charge on any atom is 0.326 e. The predicted octanol–water partition coefficient (Wildman–Crippen LogP) is 5.15. The van der Waals surface area contributed by atoms with Crippen molar-refractivity contribution in [3.63, 3.8) is 0 Å². The first-order valence-corrected chi connectivity index (χ1v) is 10.5. The van der Waals surface area contributed by atoms with E-state index >= 15 is 0 Å². The molecule has 6 heteroatoms. The molecule has 0 fully saturated rings. The summed E-state index contributed by atoms with van der Waals surface area (Å²) in [6.07, 6.45) is 0.387. The number of hydrogen-bond donors (Lipinski definition) is 1. The number of rotatable bonds is 5. The fourth-order valence-electron chi connectivity index (χ4n) is 3.52. The summed E-state index contributed by atoms with van der Waals surface area (Å²) >= 11 is 1.32. The van der Waals surface area contributed by atoms with Crippen molar-refractivity contribution < 1.29 is 14.7 Å². The zero-order valence-electron chi connectivity index (χ0n) is 16.4. The third-order valence-electron chi connectivity index (χ3n) is 4.96. The topological polar surface area (TPSA) is 71.7 Å². The van der Waals surface area contributed by atoms with Crippen LogP contribution in [0, 0.1) is 0 Å². The number of carboxylic acid groups (broad SMARTS) is 1. The van der Waals surface area contributed by atoms with E-state index in [0.29, 0.717) is 16.8 Å². The van der Waals surface area contributed by atoms with Gasteiger partial charge in [0.15, 0.2) is 4.80 Å². The van der Waals surface area contributed by atoms with Crippen molar-refractivity contribution in [3.8, 4) is 11.1 Å². The van der Waals surface area contributed by atoms with Crippen molar-refractivity contribution in [2.24, 2.45) is 4.99 Å². The van der Waals surface area contributed by atoms with Crippen molar-refractivity contribution in [2.75, 3.05) is 0 Å². The highest BCUT2D eigenvalue weighted by atomic mass is 32.1. The minimum absolute atomic E-state index is 0.387. The summed E-state index contributed by atoms with van der Waals surface area (Å²) in [5.41, 5.74) is 2.97. The molecule has 1 amide bonds. The quantitative estimate of drug-likeness (QED) is 0.489. The minimum Gasteiger partial charge on any atom is -0.480 e. The lowest BCUT2D eigenvalue weighted by atomic mass is 9.99. The van der Waals surface area contributed by atoms with Gasteiger partial charge in [0.25, 0.3) is 5.91 Å². The van der Waals surface area contributed by atoms with E-state index in [0.717, 1.165) is 21.3 Å². The van der Waals surface area contributed by atoms with Crippen molar-refractivity contribution in [1.29, 1.82) is 0 Å². The molecule has 0 bridgehead atoms. The van der Waals surface area contributed by atoms with Gasteiger partial charge in [0.2, 0.25) is 0 Å². The smallest absolute Gasteiger partial charge is 0.326 e. The number of para-hydroxylation sites is 1.